The summed E-state index contributed by atoms with van der Waals surface area (Å²) < 4.78 is 17.3. The van der Waals surface area contributed by atoms with Crippen LogP contribution in [-0.2, 0) is 4.74 Å². The van der Waals surface area contributed by atoms with Crippen molar-refractivity contribution in [2.75, 3.05) is 0 Å². The van der Waals surface area contributed by atoms with Crippen LogP contribution in [0.4, 0.5) is 9.18 Å². The van der Waals surface area contributed by atoms with Gasteiger partial charge in [0, 0.05) is 5.56 Å². The Bertz CT molecular complexity index is 387. The topological polar surface area (TPSA) is 55.4 Å². The van der Waals surface area contributed by atoms with E-state index in [4.69, 9.17) is 4.74 Å². The molecule has 86 valence electrons. The van der Waals surface area contributed by atoms with Crippen LogP contribution in [0.1, 0.15) is 24.2 Å². The normalized spacial score (nSPS) is 10.0. The molecule has 0 bridgehead atoms. The molecule has 2 amide bonds. The van der Waals surface area contributed by atoms with Crippen LogP contribution in [0.15, 0.2) is 24.3 Å². The highest BCUT2D eigenvalue weighted by Crippen LogP contribution is 2.02. The number of alkyl carbamates (subject to hydrolysis) is 1. The lowest BCUT2D eigenvalue weighted by Crippen LogP contribution is -2.32. The van der Waals surface area contributed by atoms with Gasteiger partial charge in [-0.25, -0.2) is 9.18 Å². The molecule has 1 rings (SSSR count). The SMILES string of the molecule is CC(C)OC(=O)NC(=O)c1ccc(F)cc1. The van der Waals surface area contributed by atoms with Crippen LogP contribution >= 0.6 is 0 Å². The maximum Gasteiger partial charge on any atom is 0.414 e. The Kier molecular flexibility index (Phi) is 3.99. The minimum absolute atomic E-state index is 0.196. The lowest BCUT2D eigenvalue weighted by Gasteiger charge is -2.08. The number of benzene rings is 1. The van der Waals surface area contributed by atoms with Crippen LogP contribution in [0, 0.1) is 5.82 Å². The van der Waals surface area contributed by atoms with E-state index in [0.717, 1.165) is 12.1 Å². The summed E-state index contributed by atoms with van der Waals surface area (Å²) in [6, 6.07) is 4.85. The van der Waals surface area contributed by atoms with Gasteiger partial charge in [-0.05, 0) is 38.1 Å². The van der Waals surface area contributed by atoms with Gasteiger partial charge in [-0.3, -0.25) is 10.1 Å². The molecular formula is C11H12FNO3. The van der Waals surface area contributed by atoms with Gasteiger partial charge in [0.05, 0.1) is 6.10 Å². The lowest BCUT2D eigenvalue weighted by atomic mass is 10.2. The Morgan fingerprint density at radius 1 is 1.25 bits per heavy atom. The Balaban J connectivity index is 2.59. The van der Waals surface area contributed by atoms with Gasteiger partial charge in [0.2, 0.25) is 0 Å². The molecule has 0 aromatic heterocycles. The van der Waals surface area contributed by atoms with Crippen molar-refractivity contribution in [3.63, 3.8) is 0 Å². The van der Waals surface area contributed by atoms with E-state index >= 15 is 0 Å². The van der Waals surface area contributed by atoms with E-state index in [0.29, 0.717) is 0 Å². The number of hydrogen-bond donors (Lipinski definition) is 1. The van der Waals surface area contributed by atoms with Crippen molar-refractivity contribution in [1.82, 2.24) is 5.32 Å². The fourth-order valence-electron chi connectivity index (χ4n) is 1.01. The zero-order chi connectivity index (χ0) is 12.1. The van der Waals surface area contributed by atoms with Crippen molar-refractivity contribution in [2.24, 2.45) is 0 Å². The predicted octanol–water partition coefficient (Wildman–Crippen LogP) is 2.10. The number of hydrogen-bond acceptors (Lipinski definition) is 3. The number of carbonyl (C=O) groups excluding carboxylic acids is 2. The summed E-state index contributed by atoms with van der Waals surface area (Å²) in [5.74, 6) is -1.06. The van der Waals surface area contributed by atoms with Crippen molar-refractivity contribution in [2.45, 2.75) is 20.0 Å². The second kappa shape index (κ2) is 5.25. The summed E-state index contributed by atoms with van der Waals surface area (Å²) in [6.07, 6.45) is -1.12. The van der Waals surface area contributed by atoms with E-state index in [-0.39, 0.29) is 11.7 Å². The largest absolute Gasteiger partial charge is 0.447 e. The van der Waals surface area contributed by atoms with Gasteiger partial charge in [-0.2, -0.15) is 0 Å². The summed E-state index contributed by atoms with van der Waals surface area (Å²) in [7, 11) is 0. The number of carbonyl (C=O) groups is 2. The molecule has 0 unspecified atom stereocenters. The Morgan fingerprint density at radius 2 is 1.81 bits per heavy atom. The van der Waals surface area contributed by atoms with Gasteiger partial charge in [0.25, 0.3) is 5.91 Å². The molecule has 5 heteroatoms. The average Bonchev–Trinajstić information content (AvgIpc) is 2.16. The minimum atomic E-state index is -0.815. The molecule has 0 atom stereocenters. The highest BCUT2D eigenvalue weighted by Gasteiger charge is 2.11. The lowest BCUT2D eigenvalue weighted by molar-refractivity contribution is 0.0876. The van der Waals surface area contributed by atoms with Crippen LogP contribution in [-0.4, -0.2) is 18.1 Å². The maximum atomic E-state index is 12.6. The summed E-state index contributed by atoms with van der Waals surface area (Å²) in [5.41, 5.74) is 0.196. The molecule has 0 saturated heterocycles. The van der Waals surface area contributed by atoms with Crippen LogP contribution < -0.4 is 5.32 Å². The summed E-state index contributed by atoms with van der Waals surface area (Å²) >= 11 is 0. The molecule has 4 nitrogen and oxygen atoms in total. The number of halogens is 1. The smallest absolute Gasteiger partial charge is 0.414 e. The average molecular weight is 225 g/mol. The molecule has 0 spiro atoms. The molecule has 0 aliphatic rings. The highest BCUT2D eigenvalue weighted by atomic mass is 19.1. The van der Waals surface area contributed by atoms with Gasteiger partial charge in [-0.1, -0.05) is 0 Å². The van der Waals surface area contributed by atoms with Crippen molar-refractivity contribution < 1.29 is 18.7 Å². The molecule has 0 aliphatic carbocycles. The third kappa shape index (κ3) is 3.68. The Hall–Kier alpha value is -1.91. The quantitative estimate of drug-likeness (QED) is 0.838. The third-order valence-corrected chi connectivity index (χ3v) is 1.66. The van der Waals surface area contributed by atoms with Crippen LogP contribution in [0.25, 0.3) is 0 Å². The number of imide groups is 1. The molecule has 16 heavy (non-hydrogen) atoms. The van der Waals surface area contributed by atoms with E-state index in [9.17, 15) is 14.0 Å². The van der Waals surface area contributed by atoms with Crippen molar-refractivity contribution >= 4 is 12.0 Å². The van der Waals surface area contributed by atoms with Crippen molar-refractivity contribution in [3.8, 4) is 0 Å². The van der Waals surface area contributed by atoms with E-state index < -0.39 is 17.8 Å². The molecule has 0 heterocycles. The first kappa shape index (κ1) is 12.2. The Labute approximate surface area is 92.4 Å². The summed E-state index contributed by atoms with van der Waals surface area (Å²) in [6.45, 7) is 3.34. The molecule has 0 saturated carbocycles. The molecule has 0 radical (unpaired) electrons. The monoisotopic (exact) mass is 225 g/mol. The molecule has 0 aliphatic heterocycles. The number of nitrogens with one attached hydrogen (secondary N) is 1. The van der Waals surface area contributed by atoms with Gasteiger partial charge < -0.3 is 4.74 Å². The molecular weight excluding hydrogens is 213 g/mol. The summed E-state index contributed by atoms with van der Waals surface area (Å²) in [4.78, 5) is 22.5. The number of amides is 2. The molecule has 0 fully saturated rings. The van der Waals surface area contributed by atoms with Crippen molar-refractivity contribution in [3.05, 3.63) is 35.6 Å². The van der Waals surface area contributed by atoms with E-state index in [1.165, 1.54) is 12.1 Å². The zero-order valence-electron chi connectivity index (χ0n) is 8.99. The van der Waals surface area contributed by atoms with Crippen LogP contribution in [0.2, 0.25) is 0 Å². The van der Waals surface area contributed by atoms with E-state index in [1.54, 1.807) is 13.8 Å². The van der Waals surface area contributed by atoms with Crippen LogP contribution in [0.5, 0.6) is 0 Å². The van der Waals surface area contributed by atoms with Crippen LogP contribution in [0.3, 0.4) is 0 Å². The number of rotatable bonds is 2. The second-order valence-corrected chi connectivity index (χ2v) is 3.42. The van der Waals surface area contributed by atoms with E-state index in [2.05, 4.69) is 0 Å². The maximum absolute atomic E-state index is 12.6. The fraction of sp³-hybridized carbons (Fsp3) is 0.273. The molecule has 1 aromatic carbocycles. The van der Waals surface area contributed by atoms with Gasteiger partial charge in [-0.15, -0.1) is 0 Å². The fourth-order valence-corrected chi connectivity index (χ4v) is 1.01. The standard InChI is InChI=1S/C11H12FNO3/c1-7(2)16-11(15)13-10(14)8-3-5-9(12)6-4-8/h3-7H,1-2H3,(H,13,14,15). The Morgan fingerprint density at radius 3 is 2.31 bits per heavy atom. The van der Waals surface area contributed by atoms with Crippen molar-refractivity contribution in [1.29, 1.82) is 0 Å². The number of ether oxygens (including phenoxy) is 1. The van der Waals surface area contributed by atoms with Gasteiger partial charge >= 0.3 is 6.09 Å². The van der Waals surface area contributed by atoms with Gasteiger partial charge in [0.15, 0.2) is 0 Å². The van der Waals surface area contributed by atoms with E-state index in [1.807, 2.05) is 5.32 Å². The predicted molar refractivity (Wildman–Crippen MR) is 55.5 cm³/mol. The summed E-state index contributed by atoms with van der Waals surface area (Å²) in [5, 5.41) is 2.02. The molecule has 1 N–H and O–H groups in total. The minimum Gasteiger partial charge on any atom is -0.447 e. The first-order valence-corrected chi connectivity index (χ1v) is 4.76. The first-order chi connectivity index (χ1) is 7.49. The second-order valence-electron chi connectivity index (χ2n) is 3.42. The first-order valence-electron chi connectivity index (χ1n) is 4.76. The highest BCUT2D eigenvalue weighted by molar-refractivity contribution is 6.02. The third-order valence-electron chi connectivity index (χ3n) is 1.66. The molecule has 1 aromatic rings. The zero-order valence-corrected chi connectivity index (χ0v) is 8.99. The van der Waals surface area contributed by atoms with Gasteiger partial charge in [0.1, 0.15) is 5.82 Å².